The Bertz CT molecular complexity index is 384. The van der Waals surface area contributed by atoms with Gasteiger partial charge in [0.1, 0.15) is 0 Å². The molecule has 1 unspecified atom stereocenters. The molecule has 0 fully saturated rings. The zero-order chi connectivity index (χ0) is 12.8. The van der Waals surface area contributed by atoms with Crippen molar-refractivity contribution < 1.29 is 9.59 Å². The lowest BCUT2D eigenvalue weighted by molar-refractivity contribution is -0.125. The standard InChI is InChI=1S/C14H19NO2/c1-10(2)11(3)14(17)15-9-13(16)12-7-5-4-6-8-12/h4-8,10-11H,9H2,1-3H3,(H,15,17). The molecule has 17 heavy (non-hydrogen) atoms. The van der Waals surface area contributed by atoms with Gasteiger partial charge < -0.3 is 5.32 Å². The normalized spacial score (nSPS) is 12.2. The largest absolute Gasteiger partial charge is 0.348 e. The molecule has 0 aliphatic rings. The summed E-state index contributed by atoms with van der Waals surface area (Å²) in [6.07, 6.45) is 0. The van der Waals surface area contributed by atoms with Gasteiger partial charge in [-0.15, -0.1) is 0 Å². The van der Waals surface area contributed by atoms with Crippen LogP contribution in [0.3, 0.4) is 0 Å². The van der Waals surface area contributed by atoms with Crippen LogP contribution in [0.1, 0.15) is 31.1 Å². The molecule has 1 N–H and O–H groups in total. The van der Waals surface area contributed by atoms with Crippen molar-refractivity contribution in [3.63, 3.8) is 0 Å². The number of nitrogens with one attached hydrogen (secondary N) is 1. The van der Waals surface area contributed by atoms with Gasteiger partial charge in [0, 0.05) is 11.5 Å². The molecule has 0 heterocycles. The molecule has 1 amide bonds. The Labute approximate surface area is 102 Å². The van der Waals surface area contributed by atoms with E-state index in [-0.39, 0.29) is 30.1 Å². The maximum absolute atomic E-state index is 11.7. The van der Waals surface area contributed by atoms with Gasteiger partial charge >= 0.3 is 0 Å². The van der Waals surface area contributed by atoms with Gasteiger partial charge in [0.25, 0.3) is 0 Å². The van der Waals surface area contributed by atoms with Crippen LogP contribution in [0.25, 0.3) is 0 Å². The lowest BCUT2D eigenvalue weighted by atomic mass is 9.97. The molecule has 1 aromatic carbocycles. The average molecular weight is 233 g/mol. The van der Waals surface area contributed by atoms with Crippen LogP contribution >= 0.6 is 0 Å². The third-order valence-corrected chi connectivity index (χ3v) is 2.93. The molecule has 0 aliphatic carbocycles. The molecule has 0 saturated heterocycles. The van der Waals surface area contributed by atoms with E-state index in [2.05, 4.69) is 5.32 Å². The number of benzene rings is 1. The molecule has 0 aromatic heterocycles. The molecular formula is C14H19NO2. The van der Waals surface area contributed by atoms with E-state index in [1.165, 1.54) is 0 Å². The van der Waals surface area contributed by atoms with Crippen molar-refractivity contribution in [1.82, 2.24) is 5.32 Å². The maximum atomic E-state index is 11.7. The monoisotopic (exact) mass is 233 g/mol. The summed E-state index contributed by atoms with van der Waals surface area (Å²) in [6.45, 7) is 5.92. The molecule has 0 bridgehead atoms. The van der Waals surface area contributed by atoms with E-state index in [1.54, 1.807) is 12.1 Å². The van der Waals surface area contributed by atoms with Crippen molar-refractivity contribution in [2.24, 2.45) is 11.8 Å². The number of carbonyl (C=O) groups is 2. The van der Waals surface area contributed by atoms with Crippen molar-refractivity contribution in [3.8, 4) is 0 Å². The first kappa shape index (κ1) is 13.4. The van der Waals surface area contributed by atoms with Crippen molar-refractivity contribution in [1.29, 1.82) is 0 Å². The predicted octanol–water partition coefficient (Wildman–Crippen LogP) is 2.28. The smallest absolute Gasteiger partial charge is 0.223 e. The molecule has 0 spiro atoms. The van der Waals surface area contributed by atoms with Crippen molar-refractivity contribution >= 4 is 11.7 Å². The molecule has 1 rings (SSSR count). The van der Waals surface area contributed by atoms with E-state index in [4.69, 9.17) is 0 Å². The zero-order valence-corrected chi connectivity index (χ0v) is 10.6. The highest BCUT2D eigenvalue weighted by molar-refractivity contribution is 5.99. The molecule has 0 aliphatic heterocycles. The van der Waals surface area contributed by atoms with Crippen LogP contribution in [-0.2, 0) is 4.79 Å². The number of rotatable bonds is 5. The Kier molecular flexibility index (Phi) is 4.88. The molecule has 3 nitrogen and oxygen atoms in total. The van der Waals surface area contributed by atoms with E-state index >= 15 is 0 Å². The second-order valence-electron chi connectivity index (χ2n) is 4.54. The van der Waals surface area contributed by atoms with Crippen LogP contribution in [0.15, 0.2) is 30.3 Å². The number of hydrogen-bond donors (Lipinski definition) is 1. The average Bonchev–Trinajstić information content (AvgIpc) is 2.35. The zero-order valence-electron chi connectivity index (χ0n) is 10.6. The fraction of sp³-hybridized carbons (Fsp3) is 0.429. The first-order chi connectivity index (χ1) is 8.02. The summed E-state index contributed by atoms with van der Waals surface area (Å²) in [5.41, 5.74) is 0.630. The molecule has 3 heteroatoms. The molecule has 0 radical (unpaired) electrons. The summed E-state index contributed by atoms with van der Waals surface area (Å²) in [6, 6.07) is 8.98. The van der Waals surface area contributed by atoms with Crippen molar-refractivity contribution in [3.05, 3.63) is 35.9 Å². The lowest BCUT2D eigenvalue weighted by Gasteiger charge is -2.14. The Balaban J connectivity index is 2.47. The maximum Gasteiger partial charge on any atom is 0.223 e. The molecule has 1 aromatic rings. The third-order valence-electron chi connectivity index (χ3n) is 2.93. The van der Waals surface area contributed by atoms with Gasteiger partial charge in [-0.05, 0) is 5.92 Å². The number of ketones is 1. The third kappa shape index (κ3) is 4.02. The van der Waals surface area contributed by atoms with E-state index in [0.717, 1.165) is 0 Å². The molecule has 1 atom stereocenters. The van der Waals surface area contributed by atoms with Crippen LogP contribution in [-0.4, -0.2) is 18.2 Å². The fourth-order valence-corrected chi connectivity index (χ4v) is 1.36. The van der Waals surface area contributed by atoms with Crippen molar-refractivity contribution in [2.45, 2.75) is 20.8 Å². The van der Waals surface area contributed by atoms with Crippen LogP contribution in [0.4, 0.5) is 0 Å². The molecule has 0 saturated carbocycles. The van der Waals surface area contributed by atoms with Gasteiger partial charge in [-0.1, -0.05) is 51.1 Å². The van der Waals surface area contributed by atoms with Crippen LogP contribution in [0, 0.1) is 11.8 Å². The fourth-order valence-electron chi connectivity index (χ4n) is 1.36. The number of hydrogen-bond acceptors (Lipinski definition) is 2. The van der Waals surface area contributed by atoms with E-state index in [9.17, 15) is 9.59 Å². The number of Topliss-reactive ketones (excluding diaryl/α,β-unsaturated/α-hetero) is 1. The van der Waals surface area contributed by atoms with Crippen LogP contribution < -0.4 is 5.32 Å². The van der Waals surface area contributed by atoms with Gasteiger partial charge in [0.05, 0.1) is 6.54 Å². The van der Waals surface area contributed by atoms with Gasteiger partial charge in [-0.25, -0.2) is 0 Å². The minimum absolute atomic E-state index is 0.0603. The number of carbonyl (C=O) groups excluding carboxylic acids is 2. The van der Waals surface area contributed by atoms with Crippen molar-refractivity contribution in [2.75, 3.05) is 6.54 Å². The second-order valence-corrected chi connectivity index (χ2v) is 4.54. The Morgan fingerprint density at radius 3 is 2.24 bits per heavy atom. The topological polar surface area (TPSA) is 46.2 Å². The summed E-state index contributed by atoms with van der Waals surface area (Å²) in [5, 5.41) is 2.67. The highest BCUT2D eigenvalue weighted by Crippen LogP contribution is 2.09. The predicted molar refractivity (Wildman–Crippen MR) is 67.8 cm³/mol. The van der Waals surface area contributed by atoms with Gasteiger partial charge in [0.15, 0.2) is 5.78 Å². The Hall–Kier alpha value is -1.64. The minimum atomic E-state index is -0.0708. The lowest BCUT2D eigenvalue weighted by Crippen LogP contribution is -2.35. The summed E-state index contributed by atoms with van der Waals surface area (Å²) in [5.74, 6) is 0.0830. The summed E-state index contributed by atoms with van der Waals surface area (Å²) in [7, 11) is 0. The van der Waals surface area contributed by atoms with Crippen LogP contribution in [0.5, 0.6) is 0 Å². The van der Waals surface area contributed by atoms with Gasteiger partial charge in [0.2, 0.25) is 5.91 Å². The Morgan fingerprint density at radius 1 is 1.12 bits per heavy atom. The van der Waals surface area contributed by atoms with Gasteiger partial charge in [-0.3, -0.25) is 9.59 Å². The highest BCUT2D eigenvalue weighted by Gasteiger charge is 2.17. The minimum Gasteiger partial charge on any atom is -0.348 e. The Morgan fingerprint density at radius 2 is 1.71 bits per heavy atom. The van der Waals surface area contributed by atoms with Crippen LogP contribution in [0.2, 0.25) is 0 Å². The highest BCUT2D eigenvalue weighted by atomic mass is 16.2. The summed E-state index contributed by atoms with van der Waals surface area (Å²) >= 11 is 0. The number of amides is 1. The summed E-state index contributed by atoms with van der Waals surface area (Å²) < 4.78 is 0. The van der Waals surface area contributed by atoms with E-state index in [1.807, 2.05) is 39.0 Å². The summed E-state index contributed by atoms with van der Waals surface area (Å²) in [4.78, 5) is 23.4. The second kappa shape index (κ2) is 6.18. The van der Waals surface area contributed by atoms with Gasteiger partial charge in [-0.2, -0.15) is 0 Å². The SMILES string of the molecule is CC(C)C(C)C(=O)NCC(=O)c1ccccc1. The molecule has 92 valence electrons. The van der Waals surface area contributed by atoms with E-state index in [0.29, 0.717) is 5.56 Å². The molecular weight excluding hydrogens is 214 g/mol. The first-order valence-corrected chi connectivity index (χ1v) is 5.88. The van der Waals surface area contributed by atoms with E-state index < -0.39 is 0 Å². The quantitative estimate of drug-likeness (QED) is 0.793. The first-order valence-electron chi connectivity index (χ1n) is 5.88.